The molecule has 6 nitrogen and oxygen atoms in total. The molecular formula is C16H18N2O4S2. The van der Waals surface area contributed by atoms with Crippen molar-refractivity contribution in [3.8, 4) is 0 Å². The van der Waals surface area contributed by atoms with Gasteiger partial charge in [-0.2, -0.15) is 4.31 Å². The highest BCUT2D eigenvalue weighted by Gasteiger charge is 2.37. The summed E-state index contributed by atoms with van der Waals surface area (Å²) < 4.78 is 27.8. The first-order chi connectivity index (χ1) is 11.5. The molecule has 128 valence electrons. The summed E-state index contributed by atoms with van der Waals surface area (Å²) in [6.07, 6.45) is 3.42. The molecular weight excluding hydrogens is 348 g/mol. The normalized spacial score (nSPS) is 19.8. The van der Waals surface area contributed by atoms with Crippen LogP contribution in [0.1, 0.15) is 36.6 Å². The summed E-state index contributed by atoms with van der Waals surface area (Å²) in [6.45, 7) is 0.386. The van der Waals surface area contributed by atoms with Crippen molar-refractivity contribution in [3.05, 3.63) is 56.8 Å². The zero-order valence-electron chi connectivity index (χ0n) is 13.0. The molecule has 0 unspecified atom stereocenters. The largest absolute Gasteiger partial charge is 0.289 e. The van der Waals surface area contributed by atoms with Crippen molar-refractivity contribution in [2.45, 2.75) is 36.6 Å². The topological polar surface area (TPSA) is 80.5 Å². The highest BCUT2D eigenvalue weighted by Crippen LogP contribution is 2.38. The van der Waals surface area contributed by atoms with E-state index in [0.29, 0.717) is 6.54 Å². The number of nitro groups is 1. The van der Waals surface area contributed by atoms with Gasteiger partial charge in [0.05, 0.1) is 11.0 Å². The number of thiophene rings is 1. The maximum absolute atomic E-state index is 13.2. The van der Waals surface area contributed by atoms with Gasteiger partial charge in [0.2, 0.25) is 10.0 Å². The molecule has 0 spiro atoms. The number of hydrogen-bond acceptors (Lipinski definition) is 5. The van der Waals surface area contributed by atoms with Crippen molar-refractivity contribution in [2.24, 2.45) is 0 Å². The van der Waals surface area contributed by atoms with E-state index in [2.05, 4.69) is 0 Å². The highest BCUT2D eigenvalue weighted by atomic mass is 32.2. The van der Waals surface area contributed by atoms with Crippen LogP contribution in [0.25, 0.3) is 0 Å². The van der Waals surface area contributed by atoms with Gasteiger partial charge in [0.25, 0.3) is 5.69 Å². The molecule has 8 heteroatoms. The van der Waals surface area contributed by atoms with E-state index in [1.54, 1.807) is 0 Å². The summed E-state index contributed by atoms with van der Waals surface area (Å²) in [5.41, 5.74) is -0.369. The molecule has 3 rings (SSSR count). The van der Waals surface area contributed by atoms with E-state index in [9.17, 15) is 18.5 Å². The number of para-hydroxylation sites is 1. The Hall–Kier alpha value is -1.77. The fourth-order valence-electron chi connectivity index (χ4n) is 3.09. The molecule has 1 atom stereocenters. The number of benzene rings is 1. The van der Waals surface area contributed by atoms with Crippen LogP contribution in [-0.2, 0) is 10.0 Å². The monoisotopic (exact) mass is 366 g/mol. The minimum atomic E-state index is -3.94. The van der Waals surface area contributed by atoms with Crippen LogP contribution in [0.5, 0.6) is 0 Å². The highest BCUT2D eigenvalue weighted by molar-refractivity contribution is 7.89. The lowest BCUT2D eigenvalue weighted by molar-refractivity contribution is -0.387. The van der Waals surface area contributed by atoms with Crippen LogP contribution < -0.4 is 0 Å². The Balaban J connectivity index is 2.08. The van der Waals surface area contributed by atoms with E-state index < -0.39 is 14.9 Å². The molecule has 1 aliphatic heterocycles. The van der Waals surface area contributed by atoms with Crippen LogP contribution in [0.2, 0.25) is 0 Å². The third-order valence-electron chi connectivity index (χ3n) is 4.22. The van der Waals surface area contributed by atoms with E-state index in [4.69, 9.17) is 0 Å². The first-order valence-electron chi connectivity index (χ1n) is 7.80. The lowest BCUT2D eigenvalue weighted by Crippen LogP contribution is -2.34. The number of hydrogen-bond donors (Lipinski definition) is 0. The van der Waals surface area contributed by atoms with Gasteiger partial charge in [0, 0.05) is 17.5 Å². The number of nitro benzene ring substituents is 1. The Kier molecular flexibility index (Phi) is 4.98. The van der Waals surface area contributed by atoms with Crippen molar-refractivity contribution in [1.82, 2.24) is 4.31 Å². The van der Waals surface area contributed by atoms with Crippen molar-refractivity contribution in [1.29, 1.82) is 0 Å². The van der Waals surface area contributed by atoms with Gasteiger partial charge in [-0.3, -0.25) is 10.1 Å². The maximum Gasteiger partial charge on any atom is 0.289 e. The van der Waals surface area contributed by atoms with Crippen molar-refractivity contribution in [3.63, 3.8) is 0 Å². The first-order valence-corrected chi connectivity index (χ1v) is 10.1. The Morgan fingerprint density at radius 2 is 1.92 bits per heavy atom. The van der Waals surface area contributed by atoms with E-state index in [1.165, 1.54) is 39.9 Å². The van der Waals surface area contributed by atoms with Crippen LogP contribution in [0.4, 0.5) is 5.69 Å². The number of nitrogens with zero attached hydrogens (tertiary/aromatic N) is 2. The molecule has 1 saturated heterocycles. The van der Waals surface area contributed by atoms with Gasteiger partial charge in [0.15, 0.2) is 4.90 Å². The lowest BCUT2D eigenvalue weighted by atomic mass is 10.1. The minimum absolute atomic E-state index is 0.224. The predicted molar refractivity (Wildman–Crippen MR) is 92.5 cm³/mol. The van der Waals surface area contributed by atoms with Crippen molar-refractivity contribution < 1.29 is 13.3 Å². The molecule has 0 aliphatic carbocycles. The van der Waals surface area contributed by atoms with Crippen molar-refractivity contribution in [2.75, 3.05) is 6.54 Å². The van der Waals surface area contributed by atoms with Gasteiger partial charge in [-0.25, -0.2) is 8.42 Å². The number of rotatable bonds is 4. The van der Waals surface area contributed by atoms with Crippen LogP contribution in [0.3, 0.4) is 0 Å². The van der Waals surface area contributed by atoms with Gasteiger partial charge in [-0.1, -0.05) is 31.0 Å². The molecule has 2 heterocycles. The van der Waals surface area contributed by atoms with Crippen molar-refractivity contribution >= 4 is 27.0 Å². The second kappa shape index (κ2) is 7.00. The molecule has 24 heavy (non-hydrogen) atoms. The van der Waals surface area contributed by atoms with E-state index in [1.807, 2.05) is 17.5 Å². The molecule has 1 aromatic carbocycles. The van der Waals surface area contributed by atoms with Crippen LogP contribution in [0.15, 0.2) is 46.7 Å². The van der Waals surface area contributed by atoms with Gasteiger partial charge in [-0.15, -0.1) is 11.3 Å². The van der Waals surface area contributed by atoms with Crippen LogP contribution in [-0.4, -0.2) is 24.2 Å². The van der Waals surface area contributed by atoms with Crippen LogP contribution in [0, 0.1) is 10.1 Å². The Bertz CT molecular complexity index is 818. The third kappa shape index (κ3) is 3.22. The Labute approximate surface area is 144 Å². The van der Waals surface area contributed by atoms with E-state index in [0.717, 1.165) is 30.6 Å². The SMILES string of the molecule is O=[N+]([O-])c1ccccc1S(=O)(=O)N1CCCCC[C@H]1c1cccs1. The quantitative estimate of drug-likeness (QED) is 0.606. The third-order valence-corrected chi connectivity index (χ3v) is 7.15. The average molecular weight is 366 g/mol. The standard InChI is InChI=1S/C16H18N2O4S2/c19-18(20)14-8-3-4-10-16(14)24(21,22)17-11-5-1-2-7-13(17)15-9-6-12-23-15/h3-4,6,8-10,12-13H,1-2,5,7,11H2/t13-/m0/s1. The van der Waals surface area contributed by atoms with Gasteiger partial charge in [-0.05, 0) is 30.4 Å². The lowest BCUT2D eigenvalue weighted by Gasteiger charge is -2.28. The molecule has 0 bridgehead atoms. The second-order valence-electron chi connectivity index (χ2n) is 5.72. The molecule has 1 aliphatic rings. The Morgan fingerprint density at radius 1 is 1.12 bits per heavy atom. The second-order valence-corrected chi connectivity index (χ2v) is 8.56. The molecule has 0 radical (unpaired) electrons. The summed E-state index contributed by atoms with van der Waals surface area (Å²) in [6, 6.07) is 9.16. The van der Waals surface area contributed by atoms with Gasteiger partial charge < -0.3 is 0 Å². The van der Waals surface area contributed by atoms with E-state index in [-0.39, 0.29) is 16.6 Å². The molecule has 0 N–H and O–H groups in total. The van der Waals surface area contributed by atoms with Crippen LogP contribution >= 0.6 is 11.3 Å². The summed E-state index contributed by atoms with van der Waals surface area (Å²) in [4.78, 5) is 11.4. The predicted octanol–water partition coefficient (Wildman–Crippen LogP) is 3.96. The summed E-state index contributed by atoms with van der Waals surface area (Å²) in [7, 11) is -3.94. The molecule has 0 amide bonds. The summed E-state index contributed by atoms with van der Waals surface area (Å²) in [5.74, 6) is 0. The number of sulfonamides is 1. The smallest absolute Gasteiger partial charge is 0.258 e. The zero-order valence-corrected chi connectivity index (χ0v) is 14.6. The van der Waals surface area contributed by atoms with E-state index >= 15 is 0 Å². The maximum atomic E-state index is 13.2. The fourth-order valence-corrected chi connectivity index (χ4v) is 5.86. The molecule has 1 fully saturated rings. The average Bonchev–Trinajstić information content (AvgIpc) is 2.98. The molecule has 1 aromatic heterocycles. The molecule has 0 saturated carbocycles. The van der Waals surface area contributed by atoms with Gasteiger partial charge >= 0.3 is 0 Å². The summed E-state index contributed by atoms with van der Waals surface area (Å²) >= 11 is 1.52. The summed E-state index contributed by atoms with van der Waals surface area (Å²) in [5, 5.41) is 13.2. The van der Waals surface area contributed by atoms with Gasteiger partial charge in [0.1, 0.15) is 0 Å². The Morgan fingerprint density at radius 3 is 2.62 bits per heavy atom. The fraction of sp³-hybridized carbons (Fsp3) is 0.375. The first kappa shape index (κ1) is 17.1. The minimum Gasteiger partial charge on any atom is -0.258 e. The molecule has 2 aromatic rings. The zero-order chi connectivity index (χ0) is 17.2.